The van der Waals surface area contributed by atoms with Crippen LogP contribution < -0.4 is 0 Å². The molecule has 3 unspecified atom stereocenters. The molecule has 1 fully saturated rings. The summed E-state index contributed by atoms with van der Waals surface area (Å²) in [4.78, 5) is 0. The number of phenolic OH excluding ortho intramolecular Hbond substituents is 2. The van der Waals surface area contributed by atoms with Crippen molar-refractivity contribution in [1.29, 1.82) is 0 Å². The Bertz CT molecular complexity index is 542. The Hall–Kier alpha value is -1.30. The first kappa shape index (κ1) is 13.7. The van der Waals surface area contributed by atoms with E-state index in [0.29, 0.717) is 24.0 Å². The normalized spacial score (nSPS) is 33.1. The Balaban J connectivity index is 1.99. The minimum atomic E-state index is -1.06. The smallest absolute Gasteiger partial charge is 0.199 e. The van der Waals surface area contributed by atoms with E-state index in [0.717, 1.165) is 12.0 Å². The van der Waals surface area contributed by atoms with Crippen molar-refractivity contribution in [3.05, 3.63) is 22.8 Å². The highest BCUT2D eigenvalue weighted by Gasteiger charge is 2.47. The summed E-state index contributed by atoms with van der Waals surface area (Å²) in [6, 6.07) is 1.63. The van der Waals surface area contributed by atoms with Crippen molar-refractivity contribution in [2.75, 3.05) is 0 Å². The van der Waals surface area contributed by atoms with Crippen molar-refractivity contribution in [2.24, 2.45) is 0 Å². The zero-order valence-corrected chi connectivity index (χ0v) is 11.7. The zero-order valence-electron chi connectivity index (χ0n) is 11.7. The van der Waals surface area contributed by atoms with Gasteiger partial charge in [0.2, 0.25) is 0 Å². The minimum Gasteiger partial charge on any atom is -0.508 e. The molecule has 3 rings (SSSR count). The largest absolute Gasteiger partial charge is 0.508 e. The van der Waals surface area contributed by atoms with Crippen LogP contribution in [0.4, 0.5) is 0 Å². The summed E-state index contributed by atoms with van der Waals surface area (Å²) in [6.07, 6.45) is 1.07. The van der Waals surface area contributed by atoms with E-state index < -0.39 is 11.9 Å². The zero-order chi connectivity index (χ0) is 14.5. The van der Waals surface area contributed by atoms with E-state index >= 15 is 0 Å². The van der Waals surface area contributed by atoms with Gasteiger partial charge in [-0.3, -0.25) is 0 Å². The van der Waals surface area contributed by atoms with Gasteiger partial charge in [-0.15, -0.1) is 0 Å². The number of phenols is 2. The fourth-order valence-corrected chi connectivity index (χ4v) is 3.07. The van der Waals surface area contributed by atoms with Gasteiger partial charge < -0.3 is 24.8 Å². The number of hydrogen-bond acceptors (Lipinski definition) is 5. The van der Waals surface area contributed by atoms with Gasteiger partial charge in [-0.2, -0.15) is 0 Å². The molecular weight excluding hydrogens is 260 g/mol. The molecule has 0 aromatic heterocycles. The van der Waals surface area contributed by atoms with Crippen LogP contribution in [0.3, 0.4) is 0 Å². The number of rotatable bonds is 0. The van der Waals surface area contributed by atoms with Gasteiger partial charge in [-0.25, -0.2) is 0 Å². The second-order valence-electron chi connectivity index (χ2n) is 5.81. The molecular formula is C15H20O5. The number of ether oxygens (including phenoxy) is 2. The molecule has 1 spiro atoms. The highest BCUT2D eigenvalue weighted by molar-refractivity contribution is 5.53. The van der Waals surface area contributed by atoms with Crippen LogP contribution in [-0.4, -0.2) is 33.3 Å². The van der Waals surface area contributed by atoms with Gasteiger partial charge >= 0.3 is 0 Å². The predicted octanol–water partition coefficient (Wildman–Crippen LogP) is 1.74. The van der Waals surface area contributed by atoms with Crippen LogP contribution in [0.25, 0.3) is 0 Å². The average Bonchev–Trinajstić information content (AvgIpc) is 2.41. The van der Waals surface area contributed by atoms with E-state index in [-0.39, 0.29) is 24.2 Å². The number of hydrogen-bond donors (Lipinski definition) is 3. The van der Waals surface area contributed by atoms with Crippen LogP contribution in [0.1, 0.15) is 36.5 Å². The van der Waals surface area contributed by atoms with E-state index in [1.165, 1.54) is 0 Å². The van der Waals surface area contributed by atoms with Gasteiger partial charge in [0.05, 0.1) is 12.7 Å². The molecule has 110 valence electrons. The molecule has 1 aromatic carbocycles. The first-order valence-electron chi connectivity index (χ1n) is 6.96. The summed E-state index contributed by atoms with van der Waals surface area (Å²) < 4.78 is 11.6. The molecule has 3 N–H and O–H groups in total. The SMILES string of the molecule is Cc1c(O)cc2c(c1O)COC1(C2)OC(C)CCC1O. The van der Waals surface area contributed by atoms with E-state index in [9.17, 15) is 15.3 Å². The summed E-state index contributed by atoms with van der Waals surface area (Å²) >= 11 is 0. The highest BCUT2D eigenvalue weighted by atomic mass is 16.7. The van der Waals surface area contributed by atoms with Crippen LogP contribution in [0, 0.1) is 6.92 Å². The second kappa shape index (κ2) is 4.62. The van der Waals surface area contributed by atoms with Crippen LogP contribution in [0.2, 0.25) is 0 Å². The van der Waals surface area contributed by atoms with Gasteiger partial charge in [0.25, 0.3) is 0 Å². The molecule has 0 bridgehead atoms. The molecule has 20 heavy (non-hydrogen) atoms. The Labute approximate surface area is 117 Å². The van der Waals surface area contributed by atoms with Gasteiger partial charge in [-0.1, -0.05) is 0 Å². The lowest BCUT2D eigenvalue weighted by Gasteiger charge is -2.46. The highest BCUT2D eigenvalue weighted by Crippen LogP contribution is 2.43. The lowest BCUT2D eigenvalue weighted by Crippen LogP contribution is -2.55. The predicted molar refractivity (Wildman–Crippen MR) is 71.5 cm³/mol. The van der Waals surface area contributed by atoms with Crippen molar-refractivity contribution < 1.29 is 24.8 Å². The third-order valence-corrected chi connectivity index (χ3v) is 4.38. The van der Waals surface area contributed by atoms with Crippen LogP contribution in [0.15, 0.2) is 6.07 Å². The Kier molecular flexibility index (Phi) is 3.16. The van der Waals surface area contributed by atoms with Crippen LogP contribution in [0.5, 0.6) is 11.5 Å². The molecule has 0 amide bonds. The maximum Gasteiger partial charge on any atom is 0.199 e. The van der Waals surface area contributed by atoms with Crippen molar-refractivity contribution in [3.8, 4) is 11.5 Å². The van der Waals surface area contributed by atoms with E-state index in [4.69, 9.17) is 9.47 Å². The number of fused-ring (bicyclic) bond motifs is 1. The average molecular weight is 280 g/mol. The van der Waals surface area contributed by atoms with Crippen molar-refractivity contribution in [3.63, 3.8) is 0 Å². The lowest BCUT2D eigenvalue weighted by molar-refractivity contribution is -0.327. The fourth-order valence-electron chi connectivity index (χ4n) is 3.07. The molecule has 2 aliphatic rings. The Morgan fingerprint density at radius 3 is 2.80 bits per heavy atom. The third-order valence-electron chi connectivity index (χ3n) is 4.38. The Morgan fingerprint density at radius 1 is 1.30 bits per heavy atom. The molecule has 3 atom stereocenters. The van der Waals surface area contributed by atoms with Gasteiger partial charge in [-0.05, 0) is 38.3 Å². The summed E-state index contributed by atoms with van der Waals surface area (Å²) in [5.41, 5.74) is 1.88. The molecule has 1 saturated heterocycles. The lowest BCUT2D eigenvalue weighted by atomic mass is 9.87. The minimum absolute atomic E-state index is 0.0209. The van der Waals surface area contributed by atoms with Crippen molar-refractivity contribution >= 4 is 0 Å². The topological polar surface area (TPSA) is 79.2 Å². The summed E-state index contributed by atoms with van der Waals surface area (Å²) in [6.45, 7) is 3.78. The maximum absolute atomic E-state index is 10.2. The first-order valence-corrected chi connectivity index (χ1v) is 6.96. The number of aliphatic hydroxyl groups is 1. The monoisotopic (exact) mass is 280 g/mol. The third kappa shape index (κ3) is 1.97. The van der Waals surface area contributed by atoms with Crippen LogP contribution in [-0.2, 0) is 22.5 Å². The number of aliphatic hydroxyl groups excluding tert-OH is 1. The number of benzene rings is 1. The van der Waals surface area contributed by atoms with Gasteiger partial charge in [0.15, 0.2) is 5.79 Å². The summed E-state index contributed by atoms with van der Waals surface area (Å²) in [5.74, 6) is -0.941. The molecule has 1 aromatic rings. The summed E-state index contributed by atoms with van der Waals surface area (Å²) in [7, 11) is 0. The van der Waals surface area contributed by atoms with Crippen LogP contribution >= 0.6 is 0 Å². The van der Waals surface area contributed by atoms with E-state index in [1.54, 1.807) is 13.0 Å². The molecule has 2 heterocycles. The second-order valence-corrected chi connectivity index (χ2v) is 5.81. The molecule has 2 aliphatic heterocycles. The van der Waals surface area contributed by atoms with E-state index in [2.05, 4.69) is 0 Å². The molecule has 0 saturated carbocycles. The van der Waals surface area contributed by atoms with Gasteiger partial charge in [0.1, 0.15) is 17.6 Å². The first-order chi connectivity index (χ1) is 9.43. The van der Waals surface area contributed by atoms with E-state index in [1.807, 2.05) is 6.92 Å². The standard InChI is InChI=1S/C15H20O5/c1-8-3-4-13(17)15(20-8)6-10-5-12(16)9(2)14(18)11(10)7-19-15/h5,8,13,16-18H,3-4,6-7H2,1-2H3. The maximum atomic E-state index is 10.2. The molecule has 0 radical (unpaired) electrons. The summed E-state index contributed by atoms with van der Waals surface area (Å²) in [5, 5.41) is 30.2. The molecule has 5 heteroatoms. The Morgan fingerprint density at radius 2 is 2.05 bits per heavy atom. The number of aromatic hydroxyl groups is 2. The quantitative estimate of drug-likeness (QED) is 0.674. The molecule has 0 aliphatic carbocycles. The molecule has 5 nitrogen and oxygen atoms in total. The van der Waals surface area contributed by atoms with Gasteiger partial charge in [0, 0.05) is 17.5 Å². The van der Waals surface area contributed by atoms with Crippen molar-refractivity contribution in [2.45, 2.75) is 57.7 Å². The van der Waals surface area contributed by atoms with Crippen molar-refractivity contribution in [1.82, 2.24) is 0 Å². The fraction of sp³-hybridized carbons (Fsp3) is 0.600.